The predicted molar refractivity (Wildman–Crippen MR) is 59.5 cm³/mol. The minimum absolute atomic E-state index is 0.236. The molecule has 0 radical (unpaired) electrons. The molecule has 0 aliphatic carbocycles. The standard InChI is InChI=1S/C9H9BrF3N3/c1-16(8(14)15)7-3-2-5(4-6(7)10)9(11,12)13/h2-4H,1H3,(H3,14,15). The largest absolute Gasteiger partial charge is 0.416 e. The molecule has 88 valence electrons. The fourth-order valence-corrected chi connectivity index (χ4v) is 1.73. The second-order valence-electron chi connectivity index (χ2n) is 3.11. The number of nitrogens with one attached hydrogen (secondary N) is 1. The molecular formula is C9H9BrF3N3. The first-order valence-electron chi connectivity index (χ1n) is 4.18. The quantitative estimate of drug-likeness (QED) is 0.618. The summed E-state index contributed by atoms with van der Waals surface area (Å²) in [5, 5.41) is 7.17. The molecule has 0 aliphatic rings. The number of alkyl halides is 3. The Morgan fingerprint density at radius 3 is 2.38 bits per heavy atom. The lowest BCUT2D eigenvalue weighted by atomic mass is 10.2. The van der Waals surface area contributed by atoms with Gasteiger partial charge in [-0.05, 0) is 34.1 Å². The molecule has 0 spiro atoms. The van der Waals surface area contributed by atoms with Gasteiger partial charge in [-0.25, -0.2) is 0 Å². The molecule has 0 atom stereocenters. The van der Waals surface area contributed by atoms with Crippen molar-refractivity contribution in [3.63, 3.8) is 0 Å². The molecular weight excluding hydrogens is 287 g/mol. The number of nitrogens with zero attached hydrogens (tertiary/aromatic N) is 1. The topological polar surface area (TPSA) is 53.1 Å². The van der Waals surface area contributed by atoms with Crippen LogP contribution in [0.4, 0.5) is 18.9 Å². The van der Waals surface area contributed by atoms with Gasteiger partial charge < -0.3 is 10.6 Å². The van der Waals surface area contributed by atoms with Crippen LogP contribution in [0.25, 0.3) is 0 Å². The van der Waals surface area contributed by atoms with E-state index in [-0.39, 0.29) is 10.4 Å². The van der Waals surface area contributed by atoms with Crippen molar-refractivity contribution in [3.05, 3.63) is 28.2 Å². The SMILES string of the molecule is CN(C(=N)N)c1ccc(C(F)(F)F)cc1Br. The zero-order valence-corrected chi connectivity index (χ0v) is 9.85. The van der Waals surface area contributed by atoms with E-state index in [2.05, 4.69) is 15.9 Å². The number of anilines is 1. The van der Waals surface area contributed by atoms with E-state index >= 15 is 0 Å². The van der Waals surface area contributed by atoms with Gasteiger partial charge in [0, 0.05) is 11.5 Å². The molecule has 1 rings (SSSR count). The van der Waals surface area contributed by atoms with Crippen LogP contribution in [0.5, 0.6) is 0 Å². The van der Waals surface area contributed by atoms with Crippen LogP contribution >= 0.6 is 15.9 Å². The maximum absolute atomic E-state index is 12.4. The number of nitrogens with two attached hydrogens (primary N) is 1. The van der Waals surface area contributed by atoms with Gasteiger partial charge in [-0.2, -0.15) is 13.2 Å². The first-order valence-corrected chi connectivity index (χ1v) is 4.97. The van der Waals surface area contributed by atoms with Crippen molar-refractivity contribution in [1.82, 2.24) is 0 Å². The van der Waals surface area contributed by atoms with Crippen molar-refractivity contribution in [3.8, 4) is 0 Å². The smallest absolute Gasteiger partial charge is 0.370 e. The van der Waals surface area contributed by atoms with E-state index < -0.39 is 11.7 Å². The van der Waals surface area contributed by atoms with E-state index in [1.165, 1.54) is 18.0 Å². The third kappa shape index (κ3) is 2.66. The molecule has 3 N–H and O–H groups in total. The first-order chi connectivity index (χ1) is 7.23. The molecule has 0 unspecified atom stereocenters. The number of benzene rings is 1. The Morgan fingerprint density at radius 1 is 1.44 bits per heavy atom. The van der Waals surface area contributed by atoms with Crippen LogP contribution in [0, 0.1) is 5.41 Å². The molecule has 16 heavy (non-hydrogen) atoms. The summed E-state index contributed by atoms with van der Waals surface area (Å²) < 4.78 is 37.3. The Bertz CT molecular complexity index is 417. The van der Waals surface area contributed by atoms with E-state index in [0.717, 1.165) is 12.1 Å². The van der Waals surface area contributed by atoms with Crippen molar-refractivity contribution < 1.29 is 13.2 Å². The van der Waals surface area contributed by atoms with Crippen LogP contribution < -0.4 is 10.6 Å². The van der Waals surface area contributed by atoms with Crippen LogP contribution in [-0.2, 0) is 6.18 Å². The van der Waals surface area contributed by atoms with Gasteiger partial charge in [0.1, 0.15) is 0 Å². The second kappa shape index (κ2) is 4.32. The summed E-state index contributed by atoms with van der Waals surface area (Å²) in [4.78, 5) is 1.27. The maximum atomic E-state index is 12.4. The number of hydrogen-bond donors (Lipinski definition) is 2. The summed E-state index contributed by atoms with van der Waals surface area (Å²) in [5.41, 5.74) is 4.88. The third-order valence-electron chi connectivity index (χ3n) is 2.00. The van der Waals surface area contributed by atoms with Crippen LogP contribution in [0.3, 0.4) is 0 Å². The van der Waals surface area contributed by atoms with Crippen LogP contribution in [0.2, 0.25) is 0 Å². The van der Waals surface area contributed by atoms with E-state index in [9.17, 15) is 13.2 Å². The highest BCUT2D eigenvalue weighted by Gasteiger charge is 2.31. The Hall–Kier alpha value is -1.24. The van der Waals surface area contributed by atoms with E-state index in [1.807, 2.05) is 0 Å². The molecule has 3 nitrogen and oxygen atoms in total. The highest BCUT2D eigenvalue weighted by Crippen LogP contribution is 2.34. The lowest BCUT2D eigenvalue weighted by molar-refractivity contribution is -0.137. The Balaban J connectivity index is 3.15. The van der Waals surface area contributed by atoms with E-state index in [1.54, 1.807) is 0 Å². The summed E-state index contributed by atoms with van der Waals surface area (Å²) in [6.45, 7) is 0. The van der Waals surface area contributed by atoms with Crippen LogP contribution in [-0.4, -0.2) is 13.0 Å². The molecule has 0 heterocycles. The molecule has 0 amide bonds. The van der Waals surface area contributed by atoms with Gasteiger partial charge in [-0.15, -0.1) is 0 Å². The molecule has 1 aromatic rings. The van der Waals surface area contributed by atoms with Gasteiger partial charge in [-0.1, -0.05) is 0 Å². The van der Waals surface area contributed by atoms with Gasteiger partial charge >= 0.3 is 6.18 Å². The molecule has 0 bridgehead atoms. The Labute approximate surface area is 98.7 Å². The van der Waals surface area contributed by atoms with Crippen LogP contribution in [0.15, 0.2) is 22.7 Å². The minimum Gasteiger partial charge on any atom is -0.370 e. The predicted octanol–water partition coefficient (Wildman–Crippen LogP) is 2.80. The highest BCUT2D eigenvalue weighted by molar-refractivity contribution is 9.10. The monoisotopic (exact) mass is 295 g/mol. The minimum atomic E-state index is -4.38. The van der Waals surface area contributed by atoms with Gasteiger partial charge in [-0.3, -0.25) is 5.41 Å². The van der Waals surface area contributed by atoms with Crippen molar-refractivity contribution in [1.29, 1.82) is 5.41 Å². The summed E-state index contributed by atoms with van der Waals surface area (Å²) in [6, 6.07) is 3.16. The van der Waals surface area contributed by atoms with Gasteiger partial charge in [0.15, 0.2) is 5.96 Å². The maximum Gasteiger partial charge on any atom is 0.416 e. The highest BCUT2D eigenvalue weighted by atomic mass is 79.9. The summed E-state index contributed by atoms with van der Waals surface area (Å²) in [5.74, 6) is -0.250. The molecule has 1 aromatic carbocycles. The number of guanidine groups is 1. The van der Waals surface area contributed by atoms with E-state index in [0.29, 0.717) is 5.69 Å². The van der Waals surface area contributed by atoms with Crippen molar-refractivity contribution >= 4 is 27.6 Å². The van der Waals surface area contributed by atoms with Gasteiger partial charge in [0.25, 0.3) is 0 Å². The molecule has 7 heteroatoms. The lowest BCUT2D eigenvalue weighted by Crippen LogP contribution is -2.32. The summed E-state index contributed by atoms with van der Waals surface area (Å²) >= 11 is 3.01. The number of hydrogen-bond acceptors (Lipinski definition) is 1. The molecule has 0 aromatic heterocycles. The van der Waals surface area contributed by atoms with Crippen molar-refractivity contribution in [2.24, 2.45) is 5.73 Å². The number of halogens is 4. The zero-order chi connectivity index (χ0) is 12.5. The molecule has 0 saturated heterocycles. The van der Waals surface area contributed by atoms with Gasteiger partial charge in [0.05, 0.1) is 11.3 Å². The second-order valence-corrected chi connectivity index (χ2v) is 3.96. The zero-order valence-electron chi connectivity index (χ0n) is 8.27. The summed E-state index contributed by atoms with van der Waals surface area (Å²) in [7, 11) is 1.50. The summed E-state index contributed by atoms with van der Waals surface area (Å²) in [6.07, 6.45) is -4.38. The molecule has 0 fully saturated rings. The first kappa shape index (κ1) is 12.8. The van der Waals surface area contributed by atoms with E-state index in [4.69, 9.17) is 11.1 Å². The normalized spacial score (nSPS) is 11.3. The van der Waals surface area contributed by atoms with Gasteiger partial charge in [0.2, 0.25) is 0 Å². The fraction of sp³-hybridized carbons (Fsp3) is 0.222. The Morgan fingerprint density at radius 2 is 2.00 bits per heavy atom. The average molecular weight is 296 g/mol. The lowest BCUT2D eigenvalue weighted by Gasteiger charge is -2.19. The molecule has 0 aliphatic heterocycles. The Kier molecular flexibility index (Phi) is 3.47. The number of rotatable bonds is 1. The van der Waals surface area contributed by atoms with Crippen molar-refractivity contribution in [2.45, 2.75) is 6.18 Å². The average Bonchev–Trinajstić information content (AvgIpc) is 2.15. The third-order valence-corrected chi connectivity index (χ3v) is 2.63. The van der Waals surface area contributed by atoms with Crippen molar-refractivity contribution in [2.75, 3.05) is 11.9 Å². The fourth-order valence-electron chi connectivity index (χ4n) is 1.09. The van der Waals surface area contributed by atoms with Crippen LogP contribution in [0.1, 0.15) is 5.56 Å². The molecule has 0 saturated carbocycles.